The first kappa shape index (κ1) is 6.74. The van der Waals surface area contributed by atoms with Gasteiger partial charge in [0.25, 0.3) is 0 Å². The maximum Gasteiger partial charge on any atom is 0.246 e. The first-order valence-corrected chi connectivity index (χ1v) is 2.91. The highest BCUT2D eigenvalue weighted by molar-refractivity contribution is 5.56. The zero-order valence-corrected chi connectivity index (χ0v) is 5.74. The second kappa shape index (κ2) is 2.96. The van der Waals surface area contributed by atoms with E-state index in [-0.39, 0.29) is 0 Å². The van der Waals surface area contributed by atoms with E-state index in [1.807, 2.05) is 19.1 Å². The molecule has 0 N–H and O–H groups in total. The van der Waals surface area contributed by atoms with E-state index in [2.05, 4.69) is 16.7 Å². The van der Waals surface area contributed by atoms with Crippen LogP contribution in [-0.4, -0.2) is 11.7 Å². The summed E-state index contributed by atoms with van der Waals surface area (Å²) in [5, 5.41) is 0. The first-order valence-electron chi connectivity index (χ1n) is 2.91. The number of nitrogens with zero attached hydrogens (tertiary/aromatic N) is 2. The molecule has 0 spiro atoms. The molecule has 1 rings (SSSR count). The van der Waals surface area contributed by atoms with Crippen molar-refractivity contribution >= 4 is 18.7 Å². The smallest absolute Gasteiger partial charge is 0.246 e. The van der Waals surface area contributed by atoms with Crippen LogP contribution in [0.5, 0.6) is 0 Å². The van der Waals surface area contributed by atoms with Crippen molar-refractivity contribution in [2.45, 2.75) is 6.92 Å². The molecule has 0 aliphatic heterocycles. The van der Waals surface area contributed by atoms with Crippen molar-refractivity contribution < 1.29 is 4.42 Å². The molecule has 3 heteroatoms. The van der Waals surface area contributed by atoms with Gasteiger partial charge in [0.05, 0.1) is 0 Å². The lowest BCUT2D eigenvalue weighted by molar-refractivity contribution is 0.568. The van der Waals surface area contributed by atoms with Gasteiger partial charge in [-0.2, -0.15) is 0 Å². The quantitative estimate of drug-likeness (QED) is 0.583. The second-order valence-electron chi connectivity index (χ2n) is 1.70. The maximum absolute atomic E-state index is 4.87. The summed E-state index contributed by atoms with van der Waals surface area (Å²) < 4.78 is 4.87. The van der Waals surface area contributed by atoms with Crippen LogP contribution < -0.4 is 0 Å². The predicted molar refractivity (Wildman–Crippen MR) is 40.4 cm³/mol. The number of allylic oxidation sites excluding steroid dienone is 1. The summed E-state index contributed by atoms with van der Waals surface area (Å²) in [6.45, 7) is 5.23. The van der Waals surface area contributed by atoms with Gasteiger partial charge in [-0.1, -0.05) is 6.08 Å². The highest BCUT2D eigenvalue weighted by Crippen LogP contribution is 2.17. The van der Waals surface area contributed by atoms with Gasteiger partial charge in [0.15, 0.2) is 6.39 Å². The van der Waals surface area contributed by atoms with Crippen molar-refractivity contribution in [3.8, 4) is 0 Å². The highest BCUT2D eigenvalue weighted by atomic mass is 16.4. The molecule has 0 aliphatic rings. The van der Waals surface area contributed by atoms with Gasteiger partial charge in [-0.25, -0.2) is 9.98 Å². The molecule has 52 valence electrons. The van der Waals surface area contributed by atoms with E-state index < -0.39 is 0 Å². The summed E-state index contributed by atoms with van der Waals surface area (Å²) in [5.74, 6) is 0.470. The minimum absolute atomic E-state index is 0.470. The van der Waals surface area contributed by atoms with Crippen LogP contribution in [0.3, 0.4) is 0 Å². The van der Waals surface area contributed by atoms with Gasteiger partial charge in [-0.15, -0.1) is 0 Å². The Labute approximate surface area is 59.1 Å². The lowest BCUT2D eigenvalue weighted by Gasteiger charge is -1.82. The van der Waals surface area contributed by atoms with Crippen LogP contribution in [0.1, 0.15) is 12.6 Å². The van der Waals surface area contributed by atoms with Crippen LogP contribution in [0.15, 0.2) is 21.9 Å². The third kappa shape index (κ3) is 1.13. The Morgan fingerprint density at radius 3 is 3.20 bits per heavy atom. The van der Waals surface area contributed by atoms with E-state index in [1.54, 1.807) is 0 Å². The Bertz CT molecular complexity index is 250. The molecule has 0 unspecified atom stereocenters. The van der Waals surface area contributed by atoms with E-state index in [1.165, 1.54) is 6.39 Å². The number of hydrogen-bond acceptors (Lipinski definition) is 3. The molecule has 0 saturated carbocycles. The summed E-state index contributed by atoms with van der Waals surface area (Å²) >= 11 is 0. The molecule has 1 aromatic heterocycles. The molecular weight excluding hydrogens is 128 g/mol. The van der Waals surface area contributed by atoms with Gasteiger partial charge < -0.3 is 4.42 Å². The number of oxazole rings is 1. The fourth-order valence-electron chi connectivity index (χ4n) is 0.639. The molecular formula is C7H8N2O. The zero-order chi connectivity index (χ0) is 7.40. The molecule has 0 amide bonds. The van der Waals surface area contributed by atoms with Gasteiger partial charge in [0.1, 0.15) is 5.69 Å². The van der Waals surface area contributed by atoms with Crippen molar-refractivity contribution in [2.24, 2.45) is 4.99 Å². The van der Waals surface area contributed by atoms with Crippen LogP contribution >= 0.6 is 0 Å². The predicted octanol–water partition coefficient (Wildman–Crippen LogP) is 2.04. The van der Waals surface area contributed by atoms with Crippen molar-refractivity contribution in [2.75, 3.05) is 0 Å². The Hall–Kier alpha value is -1.38. The van der Waals surface area contributed by atoms with Crippen molar-refractivity contribution in [1.82, 2.24) is 4.98 Å². The lowest BCUT2D eigenvalue weighted by atomic mass is 10.4. The average Bonchev–Trinajstić information content (AvgIpc) is 2.36. The van der Waals surface area contributed by atoms with E-state index >= 15 is 0 Å². The standard InChI is InChI=1S/C7H8N2O/c1-3-4-6-7(8-2)10-5-9-6/h3-5H,2H2,1H3/b4-3-. The molecule has 3 nitrogen and oxygen atoms in total. The molecule has 0 radical (unpaired) electrons. The lowest BCUT2D eigenvalue weighted by Crippen LogP contribution is -1.67. The molecule has 1 heterocycles. The Kier molecular flexibility index (Phi) is 1.99. The van der Waals surface area contributed by atoms with Crippen LogP contribution in [0.25, 0.3) is 6.08 Å². The molecule has 1 aromatic rings. The van der Waals surface area contributed by atoms with Crippen LogP contribution in [-0.2, 0) is 0 Å². The minimum Gasteiger partial charge on any atom is -0.425 e. The fraction of sp³-hybridized carbons (Fsp3) is 0.143. The normalized spacial score (nSPS) is 10.5. The summed E-state index contributed by atoms with van der Waals surface area (Å²) in [6.07, 6.45) is 5.03. The minimum atomic E-state index is 0.470. The fourth-order valence-corrected chi connectivity index (χ4v) is 0.639. The van der Waals surface area contributed by atoms with E-state index in [4.69, 9.17) is 4.42 Å². The van der Waals surface area contributed by atoms with Crippen LogP contribution in [0.4, 0.5) is 5.88 Å². The van der Waals surface area contributed by atoms with Gasteiger partial charge in [-0.05, 0) is 19.7 Å². The number of hydrogen-bond donors (Lipinski definition) is 0. The second-order valence-corrected chi connectivity index (χ2v) is 1.70. The van der Waals surface area contributed by atoms with Gasteiger partial charge >= 0.3 is 0 Å². The average molecular weight is 136 g/mol. The molecule has 0 fully saturated rings. The third-order valence-corrected chi connectivity index (χ3v) is 1.04. The SMILES string of the molecule is C=Nc1ocnc1/C=C\C. The largest absolute Gasteiger partial charge is 0.425 e. The summed E-state index contributed by atoms with van der Waals surface area (Å²) in [7, 11) is 0. The summed E-state index contributed by atoms with van der Waals surface area (Å²) in [6, 6.07) is 0. The number of aliphatic imine (C=N–C) groups is 1. The molecule has 0 saturated heterocycles. The highest BCUT2D eigenvalue weighted by Gasteiger charge is 1.99. The van der Waals surface area contributed by atoms with Crippen molar-refractivity contribution in [3.63, 3.8) is 0 Å². The Balaban J connectivity index is 3.00. The molecule has 0 atom stereocenters. The van der Waals surface area contributed by atoms with Crippen LogP contribution in [0.2, 0.25) is 0 Å². The van der Waals surface area contributed by atoms with Gasteiger partial charge in [-0.3, -0.25) is 0 Å². The molecule has 10 heavy (non-hydrogen) atoms. The van der Waals surface area contributed by atoms with E-state index in [0.29, 0.717) is 5.88 Å². The van der Waals surface area contributed by atoms with Gasteiger partial charge in [0, 0.05) is 0 Å². The summed E-state index contributed by atoms with van der Waals surface area (Å²) in [4.78, 5) is 7.51. The Morgan fingerprint density at radius 2 is 2.60 bits per heavy atom. The van der Waals surface area contributed by atoms with Crippen molar-refractivity contribution in [1.29, 1.82) is 0 Å². The molecule has 0 aromatic carbocycles. The maximum atomic E-state index is 4.87. The number of aromatic nitrogens is 1. The topological polar surface area (TPSA) is 38.4 Å². The Morgan fingerprint density at radius 1 is 1.80 bits per heavy atom. The summed E-state index contributed by atoms with van der Waals surface area (Å²) in [5.41, 5.74) is 0.720. The molecule has 0 aliphatic carbocycles. The molecule has 0 bridgehead atoms. The zero-order valence-electron chi connectivity index (χ0n) is 5.74. The third-order valence-electron chi connectivity index (χ3n) is 1.04. The van der Waals surface area contributed by atoms with Crippen LogP contribution in [0, 0.1) is 0 Å². The van der Waals surface area contributed by atoms with E-state index in [9.17, 15) is 0 Å². The monoisotopic (exact) mass is 136 g/mol. The number of rotatable bonds is 2. The van der Waals surface area contributed by atoms with Gasteiger partial charge in [0.2, 0.25) is 5.88 Å². The first-order chi connectivity index (χ1) is 4.88. The van der Waals surface area contributed by atoms with Crippen molar-refractivity contribution in [3.05, 3.63) is 18.2 Å². The van der Waals surface area contributed by atoms with E-state index in [0.717, 1.165) is 5.69 Å².